The van der Waals surface area contributed by atoms with E-state index in [-0.39, 0.29) is 37.5 Å². The van der Waals surface area contributed by atoms with Crippen LogP contribution in [0.25, 0.3) is 0 Å². The van der Waals surface area contributed by atoms with Gasteiger partial charge < -0.3 is 19.6 Å². The van der Waals surface area contributed by atoms with E-state index in [9.17, 15) is 9.90 Å². The number of carbonyl (C=O) groups is 1. The van der Waals surface area contributed by atoms with E-state index in [1.807, 2.05) is 56.3 Å². The van der Waals surface area contributed by atoms with Gasteiger partial charge >= 0.3 is 0 Å². The molecule has 1 amide bonds. The molecule has 0 radical (unpaired) electrons. The normalized spacial score (nSPS) is 15.1. The number of ether oxygens (including phenoxy) is 1. The van der Waals surface area contributed by atoms with Crippen LogP contribution in [0.1, 0.15) is 55.7 Å². The maximum Gasteiger partial charge on any atom is 0.227 e. The van der Waals surface area contributed by atoms with E-state index in [1.165, 1.54) is 18.4 Å². The molecule has 1 atom stereocenters. The molecule has 0 aromatic heterocycles. The van der Waals surface area contributed by atoms with E-state index in [1.54, 1.807) is 4.90 Å². The van der Waals surface area contributed by atoms with Crippen molar-refractivity contribution in [1.82, 2.24) is 9.80 Å². The van der Waals surface area contributed by atoms with Gasteiger partial charge in [0.25, 0.3) is 0 Å². The Labute approximate surface area is 261 Å². The molecule has 1 heterocycles. The SMILES string of the molecule is CC(C)Oc1cccc(CC(=O)N(CCO)CC(CCN2CCC(Cc3ccccc3)CC2)c2ccc(Cl)c(Cl)c2)c1. The van der Waals surface area contributed by atoms with Crippen molar-refractivity contribution in [1.29, 1.82) is 0 Å². The first-order valence-electron chi connectivity index (χ1n) is 15.2. The number of amides is 1. The number of rotatable bonds is 14. The Kier molecular flexibility index (Phi) is 12.6. The Balaban J connectivity index is 1.41. The van der Waals surface area contributed by atoms with Crippen molar-refractivity contribution in [3.8, 4) is 5.75 Å². The van der Waals surface area contributed by atoms with Gasteiger partial charge in [0.15, 0.2) is 0 Å². The third kappa shape index (κ3) is 10.0. The van der Waals surface area contributed by atoms with Crippen molar-refractivity contribution < 1.29 is 14.6 Å². The number of nitrogens with zero attached hydrogens (tertiary/aromatic N) is 2. The number of aliphatic hydroxyl groups is 1. The first-order chi connectivity index (χ1) is 20.3. The van der Waals surface area contributed by atoms with Gasteiger partial charge in [-0.25, -0.2) is 0 Å². The molecule has 1 saturated heterocycles. The van der Waals surface area contributed by atoms with Crippen molar-refractivity contribution in [2.75, 3.05) is 39.3 Å². The Morgan fingerprint density at radius 2 is 1.71 bits per heavy atom. The molecule has 0 saturated carbocycles. The summed E-state index contributed by atoms with van der Waals surface area (Å²) in [6, 6.07) is 24.2. The Morgan fingerprint density at radius 3 is 2.40 bits per heavy atom. The predicted molar refractivity (Wildman–Crippen MR) is 173 cm³/mol. The monoisotopic (exact) mass is 610 g/mol. The lowest BCUT2D eigenvalue weighted by molar-refractivity contribution is -0.131. The summed E-state index contributed by atoms with van der Waals surface area (Å²) in [6.07, 6.45) is 4.73. The largest absolute Gasteiger partial charge is 0.491 e. The zero-order chi connectivity index (χ0) is 29.9. The second-order valence-corrected chi connectivity index (χ2v) is 12.5. The molecular weight excluding hydrogens is 567 g/mol. The minimum absolute atomic E-state index is 0.0162. The standard InChI is InChI=1S/C35H44Cl2N2O3/c1-26(2)42-32-10-6-9-29(22-32)23-35(41)39(19-20-40)25-31(30-11-12-33(36)34(37)24-30)15-18-38-16-13-28(14-17-38)21-27-7-4-3-5-8-27/h3-12,22,24,26,28,31,40H,13-21,23,25H2,1-2H3. The maximum atomic E-state index is 13.5. The quantitative estimate of drug-likeness (QED) is 0.208. The van der Waals surface area contributed by atoms with Gasteiger partial charge in [-0.05, 0) is 106 Å². The average molecular weight is 612 g/mol. The lowest BCUT2D eigenvalue weighted by atomic mass is 9.89. The maximum absolute atomic E-state index is 13.5. The van der Waals surface area contributed by atoms with E-state index >= 15 is 0 Å². The summed E-state index contributed by atoms with van der Waals surface area (Å²) < 4.78 is 5.82. The molecule has 42 heavy (non-hydrogen) atoms. The smallest absolute Gasteiger partial charge is 0.227 e. The topological polar surface area (TPSA) is 53.0 Å². The van der Waals surface area contributed by atoms with Crippen LogP contribution >= 0.6 is 23.2 Å². The van der Waals surface area contributed by atoms with Gasteiger partial charge in [0.05, 0.1) is 29.2 Å². The van der Waals surface area contributed by atoms with Crippen LogP contribution in [-0.2, 0) is 17.6 Å². The molecule has 1 aliphatic rings. The van der Waals surface area contributed by atoms with Gasteiger partial charge in [0.1, 0.15) is 5.75 Å². The summed E-state index contributed by atoms with van der Waals surface area (Å²) in [6.45, 7) is 7.77. The van der Waals surface area contributed by atoms with Gasteiger partial charge in [-0.3, -0.25) is 4.79 Å². The summed E-state index contributed by atoms with van der Waals surface area (Å²) in [5, 5.41) is 10.9. The zero-order valence-electron chi connectivity index (χ0n) is 24.9. The van der Waals surface area contributed by atoms with Crippen LogP contribution in [0.5, 0.6) is 5.75 Å². The first-order valence-corrected chi connectivity index (χ1v) is 15.9. The third-order valence-electron chi connectivity index (χ3n) is 8.07. The molecule has 0 spiro atoms. The highest BCUT2D eigenvalue weighted by atomic mass is 35.5. The number of hydrogen-bond donors (Lipinski definition) is 1. The second-order valence-electron chi connectivity index (χ2n) is 11.7. The van der Waals surface area contributed by atoms with E-state index in [4.69, 9.17) is 27.9 Å². The van der Waals surface area contributed by atoms with Gasteiger partial charge in [0, 0.05) is 19.0 Å². The molecule has 7 heteroatoms. The molecule has 4 rings (SSSR count). The number of hydrogen-bond acceptors (Lipinski definition) is 4. The molecule has 3 aromatic rings. The van der Waals surface area contributed by atoms with Crippen LogP contribution in [0.4, 0.5) is 0 Å². The molecule has 1 fully saturated rings. The summed E-state index contributed by atoms with van der Waals surface area (Å²) >= 11 is 12.7. The number of benzene rings is 3. The molecule has 3 aromatic carbocycles. The first kappa shape index (κ1) is 32.3. The number of likely N-dealkylation sites (tertiary alicyclic amines) is 1. The van der Waals surface area contributed by atoms with Crippen molar-refractivity contribution >= 4 is 29.1 Å². The molecular formula is C35H44Cl2N2O3. The van der Waals surface area contributed by atoms with Crippen molar-refractivity contribution in [3.63, 3.8) is 0 Å². The molecule has 1 aliphatic heterocycles. The van der Waals surface area contributed by atoms with E-state index in [0.29, 0.717) is 16.6 Å². The van der Waals surface area contributed by atoms with Crippen LogP contribution < -0.4 is 4.74 Å². The number of piperidine rings is 1. The predicted octanol–water partition coefficient (Wildman–Crippen LogP) is 7.27. The van der Waals surface area contributed by atoms with Crippen LogP contribution in [-0.4, -0.2) is 66.2 Å². The van der Waals surface area contributed by atoms with Crippen LogP contribution in [0, 0.1) is 5.92 Å². The summed E-state index contributed by atoms with van der Waals surface area (Å²) in [4.78, 5) is 17.9. The fourth-order valence-corrected chi connectivity index (χ4v) is 6.13. The number of carbonyl (C=O) groups excluding carboxylic acids is 1. The van der Waals surface area contributed by atoms with Crippen molar-refractivity contribution in [2.24, 2.45) is 5.92 Å². The zero-order valence-corrected chi connectivity index (χ0v) is 26.4. The minimum Gasteiger partial charge on any atom is -0.491 e. The van der Waals surface area contributed by atoms with E-state index in [0.717, 1.165) is 55.3 Å². The summed E-state index contributed by atoms with van der Waals surface area (Å²) in [5.74, 6) is 1.52. The number of aliphatic hydroxyl groups excluding tert-OH is 1. The molecule has 0 bridgehead atoms. The van der Waals surface area contributed by atoms with Gasteiger partial charge in [-0.2, -0.15) is 0 Å². The molecule has 5 nitrogen and oxygen atoms in total. The fraction of sp³-hybridized carbons (Fsp3) is 0.457. The van der Waals surface area contributed by atoms with Crippen LogP contribution in [0.3, 0.4) is 0 Å². The Hall–Kier alpha value is -2.57. The minimum atomic E-state index is -0.0920. The van der Waals surface area contributed by atoms with Gasteiger partial charge in [0.2, 0.25) is 5.91 Å². The van der Waals surface area contributed by atoms with E-state index < -0.39 is 0 Å². The van der Waals surface area contributed by atoms with Crippen LogP contribution in [0.15, 0.2) is 72.8 Å². The number of halogens is 2. The second kappa shape index (κ2) is 16.3. The summed E-state index contributed by atoms with van der Waals surface area (Å²) in [5.41, 5.74) is 3.38. The van der Waals surface area contributed by atoms with E-state index in [2.05, 4.69) is 35.2 Å². The van der Waals surface area contributed by atoms with Gasteiger partial charge in [-0.1, -0.05) is 71.7 Å². The highest BCUT2D eigenvalue weighted by Gasteiger charge is 2.24. The molecule has 1 unspecified atom stereocenters. The Morgan fingerprint density at radius 1 is 0.976 bits per heavy atom. The molecule has 226 valence electrons. The lowest BCUT2D eigenvalue weighted by Gasteiger charge is -2.34. The van der Waals surface area contributed by atoms with Crippen molar-refractivity contribution in [3.05, 3.63) is 99.5 Å². The third-order valence-corrected chi connectivity index (χ3v) is 8.81. The fourth-order valence-electron chi connectivity index (χ4n) is 5.82. The molecule has 0 aliphatic carbocycles. The Bertz CT molecular complexity index is 1260. The van der Waals surface area contributed by atoms with Crippen molar-refractivity contribution in [2.45, 2.75) is 58.0 Å². The van der Waals surface area contributed by atoms with Gasteiger partial charge in [-0.15, -0.1) is 0 Å². The average Bonchev–Trinajstić information content (AvgIpc) is 2.97. The highest BCUT2D eigenvalue weighted by Crippen LogP contribution is 2.30. The molecule has 1 N–H and O–H groups in total. The highest BCUT2D eigenvalue weighted by molar-refractivity contribution is 6.42. The van der Waals surface area contributed by atoms with Crippen LogP contribution in [0.2, 0.25) is 10.0 Å². The lowest BCUT2D eigenvalue weighted by Crippen LogP contribution is -2.39. The summed E-state index contributed by atoms with van der Waals surface area (Å²) in [7, 11) is 0.